The third-order valence-corrected chi connectivity index (χ3v) is 2.45. The molecule has 4 heteroatoms. The Labute approximate surface area is 83.6 Å². The highest BCUT2D eigenvalue weighted by molar-refractivity contribution is 5.70. The predicted molar refractivity (Wildman–Crippen MR) is 52.9 cm³/mol. The fourth-order valence-electron chi connectivity index (χ4n) is 1.40. The Morgan fingerprint density at radius 2 is 2.29 bits per heavy atom. The first-order valence-corrected chi connectivity index (χ1v) is 4.71. The van der Waals surface area contributed by atoms with Crippen LogP contribution in [-0.2, 0) is 18.3 Å². The molecule has 0 amide bonds. The van der Waals surface area contributed by atoms with Crippen LogP contribution in [0.2, 0.25) is 0 Å². The molecule has 0 fully saturated rings. The molecule has 4 nitrogen and oxygen atoms in total. The van der Waals surface area contributed by atoms with Crippen molar-refractivity contribution in [2.75, 3.05) is 0 Å². The maximum absolute atomic E-state index is 10.9. The molecule has 0 saturated carbocycles. The summed E-state index contributed by atoms with van der Waals surface area (Å²) in [6.07, 6.45) is 4.01. The standard InChI is InChI=1S/C10H16N2O2/c1-7(2)8(10(13)14)6-9-11-4-5-12(9)3/h4-5,7-8H,6H2,1-3H3,(H,13,14). The van der Waals surface area contributed by atoms with Gasteiger partial charge in [0, 0.05) is 25.9 Å². The van der Waals surface area contributed by atoms with E-state index in [9.17, 15) is 4.79 Å². The SMILES string of the molecule is CC(C)C(Cc1nccn1C)C(=O)O. The van der Waals surface area contributed by atoms with Gasteiger partial charge in [0.1, 0.15) is 5.82 Å². The molecule has 14 heavy (non-hydrogen) atoms. The van der Waals surface area contributed by atoms with Gasteiger partial charge in [-0.2, -0.15) is 0 Å². The lowest BCUT2D eigenvalue weighted by molar-refractivity contribution is -0.143. The van der Waals surface area contributed by atoms with Crippen LogP contribution in [0.25, 0.3) is 0 Å². The van der Waals surface area contributed by atoms with Crippen LogP contribution < -0.4 is 0 Å². The van der Waals surface area contributed by atoms with E-state index in [1.807, 2.05) is 31.7 Å². The van der Waals surface area contributed by atoms with E-state index in [4.69, 9.17) is 5.11 Å². The Morgan fingerprint density at radius 3 is 2.64 bits per heavy atom. The number of nitrogens with zero attached hydrogens (tertiary/aromatic N) is 2. The second kappa shape index (κ2) is 4.26. The maximum atomic E-state index is 10.9. The van der Waals surface area contributed by atoms with Crippen LogP contribution in [-0.4, -0.2) is 20.6 Å². The van der Waals surface area contributed by atoms with E-state index >= 15 is 0 Å². The Balaban J connectivity index is 2.75. The summed E-state index contributed by atoms with van der Waals surface area (Å²) in [7, 11) is 1.88. The van der Waals surface area contributed by atoms with E-state index in [2.05, 4.69) is 4.98 Å². The first kappa shape index (κ1) is 10.8. The van der Waals surface area contributed by atoms with Crippen molar-refractivity contribution in [2.45, 2.75) is 20.3 Å². The van der Waals surface area contributed by atoms with E-state index in [1.165, 1.54) is 0 Å². The minimum atomic E-state index is -0.747. The molecule has 0 saturated heterocycles. The predicted octanol–water partition coefficient (Wildman–Crippen LogP) is 1.32. The number of hydrogen-bond donors (Lipinski definition) is 1. The van der Waals surface area contributed by atoms with Crippen molar-refractivity contribution < 1.29 is 9.90 Å². The summed E-state index contributed by atoms with van der Waals surface area (Å²) in [5.74, 6) is -0.144. The van der Waals surface area contributed by atoms with E-state index in [0.29, 0.717) is 6.42 Å². The lowest BCUT2D eigenvalue weighted by Crippen LogP contribution is -2.23. The molecule has 0 radical (unpaired) electrons. The molecule has 1 unspecified atom stereocenters. The fraction of sp³-hybridized carbons (Fsp3) is 0.600. The van der Waals surface area contributed by atoms with E-state index < -0.39 is 5.97 Å². The van der Waals surface area contributed by atoms with Gasteiger partial charge in [-0.05, 0) is 5.92 Å². The molecule has 1 aromatic rings. The highest BCUT2D eigenvalue weighted by Gasteiger charge is 2.23. The third kappa shape index (κ3) is 2.34. The molecule has 0 bridgehead atoms. The molecule has 1 heterocycles. The van der Waals surface area contributed by atoms with Crippen LogP contribution in [0.1, 0.15) is 19.7 Å². The van der Waals surface area contributed by atoms with Crippen molar-refractivity contribution in [1.82, 2.24) is 9.55 Å². The summed E-state index contributed by atoms with van der Waals surface area (Å²) in [6.45, 7) is 3.84. The molecule has 1 aromatic heterocycles. The maximum Gasteiger partial charge on any atom is 0.307 e. The molecular formula is C10H16N2O2. The molecule has 0 aliphatic heterocycles. The molecule has 0 aliphatic rings. The lowest BCUT2D eigenvalue weighted by atomic mass is 9.92. The number of carboxylic acid groups (broad SMARTS) is 1. The molecule has 1 atom stereocenters. The lowest BCUT2D eigenvalue weighted by Gasteiger charge is -2.15. The largest absolute Gasteiger partial charge is 0.481 e. The quantitative estimate of drug-likeness (QED) is 0.790. The minimum absolute atomic E-state index is 0.129. The topological polar surface area (TPSA) is 55.1 Å². The number of rotatable bonds is 4. The summed E-state index contributed by atoms with van der Waals surface area (Å²) >= 11 is 0. The number of aliphatic carboxylic acids is 1. The molecule has 0 aromatic carbocycles. The molecule has 0 aliphatic carbocycles. The van der Waals surface area contributed by atoms with Gasteiger partial charge in [-0.1, -0.05) is 13.8 Å². The number of aryl methyl sites for hydroxylation is 1. The van der Waals surface area contributed by atoms with Gasteiger partial charge in [0.2, 0.25) is 0 Å². The zero-order valence-electron chi connectivity index (χ0n) is 8.77. The van der Waals surface area contributed by atoms with Crippen molar-refractivity contribution in [3.8, 4) is 0 Å². The van der Waals surface area contributed by atoms with Crippen molar-refractivity contribution in [2.24, 2.45) is 18.9 Å². The fourth-order valence-corrected chi connectivity index (χ4v) is 1.40. The number of carboxylic acids is 1. The monoisotopic (exact) mass is 196 g/mol. The van der Waals surface area contributed by atoms with Crippen LogP contribution in [0.5, 0.6) is 0 Å². The molecule has 1 N–H and O–H groups in total. The molecule has 0 spiro atoms. The van der Waals surface area contributed by atoms with Gasteiger partial charge in [-0.3, -0.25) is 4.79 Å². The molecular weight excluding hydrogens is 180 g/mol. The van der Waals surface area contributed by atoms with Crippen LogP contribution >= 0.6 is 0 Å². The van der Waals surface area contributed by atoms with Gasteiger partial charge in [-0.25, -0.2) is 4.98 Å². The van der Waals surface area contributed by atoms with Gasteiger partial charge in [0.05, 0.1) is 5.92 Å². The highest BCUT2D eigenvalue weighted by atomic mass is 16.4. The number of carbonyl (C=O) groups is 1. The van der Waals surface area contributed by atoms with E-state index in [-0.39, 0.29) is 11.8 Å². The van der Waals surface area contributed by atoms with Crippen LogP contribution in [0.4, 0.5) is 0 Å². The zero-order chi connectivity index (χ0) is 10.7. The van der Waals surface area contributed by atoms with E-state index in [0.717, 1.165) is 5.82 Å². The summed E-state index contributed by atoms with van der Waals surface area (Å²) in [6, 6.07) is 0. The smallest absolute Gasteiger partial charge is 0.307 e. The Morgan fingerprint density at radius 1 is 1.64 bits per heavy atom. The summed E-state index contributed by atoms with van der Waals surface area (Å²) in [5, 5.41) is 9.00. The Bertz CT molecular complexity index is 318. The van der Waals surface area contributed by atoms with Crippen molar-refractivity contribution in [3.63, 3.8) is 0 Å². The van der Waals surface area contributed by atoms with Gasteiger partial charge in [0.25, 0.3) is 0 Å². The first-order valence-electron chi connectivity index (χ1n) is 4.71. The minimum Gasteiger partial charge on any atom is -0.481 e. The number of imidazole rings is 1. The van der Waals surface area contributed by atoms with Crippen molar-refractivity contribution in [3.05, 3.63) is 18.2 Å². The third-order valence-electron chi connectivity index (χ3n) is 2.45. The Kier molecular flexibility index (Phi) is 3.28. The van der Waals surface area contributed by atoms with Gasteiger partial charge < -0.3 is 9.67 Å². The average Bonchev–Trinajstić information content (AvgIpc) is 2.46. The average molecular weight is 196 g/mol. The van der Waals surface area contributed by atoms with Crippen molar-refractivity contribution in [1.29, 1.82) is 0 Å². The summed E-state index contributed by atoms with van der Waals surface area (Å²) in [5.41, 5.74) is 0. The molecule has 1 rings (SSSR count). The highest BCUT2D eigenvalue weighted by Crippen LogP contribution is 2.16. The van der Waals surface area contributed by atoms with Gasteiger partial charge in [0.15, 0.2) is 0 Å². The molecule has 78 valence electrons. The van der Waals surface area contributed by atoms with E-state index in [1.54, 1.807) is 6.20 Å². The first-order chi connectivity index (χ1) is 6.52. The zero-order valence-corrected chi connectivity index (χ0v) is 8.77. The second-order valence-corrected chi connectivity index (χ2v) is 3.85. The van der Waals surface area contributed by atoms with Crippen LogP contribution in [0, 0.1) is 11.8 Å². The van der Waals surface area contributed by atoms with Crippen LogP contribution in [0.3, 0.4) is 0 Å². The van der Waals surface area contributed by atoms with Crippen LogP contribution in [0.15, 0.2) is 12.4 Å². The second-order valence-electron chi connectivity index (χ2n) is 3.85. The Hall–Kier alpha value is -1.32. The number of aromatic nitrogens is 2. The van der Waals surface area contributed by atoms with Gasteiger partial charge in [-0.15, -0.1) is 0 Å². The summed E-state index contributed by atoms with van der Waals surface area (Å²) < 4.78 is 1.86. The van der Waals surface area contributed by atoms with Gasteiger partial charge >= 0.3 is 5.97 Å². The number of hydrogen-bond acceptors (Lipinski definition) is 2. The normalized spacial score (nSPS) is 13.1. The summed E-state index contributed by atoms with van der Waals surface area (Å²) in [4.78, 5) is 15.1. The van der Waals surface area contributed by atoms with Crippen molar-refractivity contribution >= 4 is 5.97 Å².